The maximum absolute atomic E-state index is 13.4. The Bertz CT molecular complexity index is 1190. The van der Waals surface area contributed by atoms with Crippen molar-refractivity contribution in [1.29, 1.82) is 0 Å². The smallest absolute Gasteiger partial charge is 0.331 e. The van der Waals surface area contributed by atoms with E-state index in [-0.39, 0.29) is 32.2 Å². The van der Waals surface area contributed by atoms with E-state index in [0.29, 0.717) is 5.75 Å². The summed E-state index contributed by atoms with van der Waals surface area (Å²) >= 11 is 0. The summed E-state index contributed by atoms with van der Waals surface area (Å²) in [4.78, 5) is 51.5. The third kappa shape index (κ3) is 12.7. The van der Waals surface area contributed by atoms with Crippen LogP contribution in [0, 0.1) is 5.92 Å². The molecular formula is C32H43N3O8. The number of rotatable bonds is 18. The molecule has 11 nitrogen and oxygen atoms in total. The van der Waals surface area contributed by atoms with Crippen LogP contribution in [0.15, 0.2) is 67.3 Å². The molecule has 11 heteroatoms. The van der Waals surface area contributed by atoms with Gasteiger partial charge in [0.1, 0.15) is 25.0 Å². The molecule has 0 aliphatic carbocycles. The highest BCUT2D eigenvalue weighted by molar-refractivity contribution is 5.93. The SMILES string of the molecule is C=CCOC(=O)[C@@H](NC(=O)[C@H](CC(C)C)NC(=O)[C@@H](N)CC(=O)OCc1ccc(OC)cc1)[C@@H](C)OCc1ccccc1. The molecule has 2 rings (SSSR count). The second-order valence-electron chi connectivity index (χ2n) is 10.4. The number of nitrogens with two attached hydrogens (primary N) is 1. The van der Waals surface area contributed by atoms with Crippen molar-refractivity contribution in [2.45, 2.75) is 71.1 Å². The van der Waals surface area contributed by atoms with E-state index in [1.807, 2.05) is 44.2 Å². The van der Waals surface area contributed by atoms with Gasteiger partial charge in [0.25, 0.3) is 0 Å². The lowest BCUT2D eigenvalue weighted by Gasteiger charge is -2.27. The third-order valence-electron chi connectivity index (χ3n) is 6.34. The van der Waals surface area contributed by atoms with Gasteiger partial charge in [-0.3, -0.25) is 14.4 Å². The molecule has 0 aliphatic heterocycles. The zero-order valence-electron chi connectivity index (χ0n) is 25.2. The number of esters is 2. The number of amides is 2. The number of ether oxygens (including phenoxy) is 4. The van der Waals surface area contributed by atoms with Gasteiger partial charge in [0.15, 0.2) is 6.04 Å². The van der Waals surface area contributed by atoms with Gasteiger partial charge in [-0.05, 0) is 42.5 Å². The van der Waals surface area contributed by atoms with Crippen molar-refractivity contribution in [2.75, 3.05) is 13.7 Å². The average molecular weight is 598 g/mol. The van der Waals surface area contributed by atoms with Gasteiger partial charge in [0.2, 0.25) is 11.8 Å². The number of nitrogens with one attached hydrogen (secondary N) is 2. The van der Waals surface area contributed by atoms with Crippen molar-refractivity contribution < 1.29 is 38.1 Å². The molecule has 0 bridgehead atoms. The van der Waals surface area contributed by atoms with Crippen LogP contribution in [0.4, 0.5) is 0 Å². The number of hydrogen-bond donors (Lipinski definition) is 3. The van der Waals surface area contributed by atoms with Crippen molar-refractivity contribution in [2.24, 2.45) is 11.7 Å². The number of benzene rings is 2. The molecule has 4 atom stereocenters. The minimum absolute atomic E-state index is 0.000317. The van der Waals surface area contributed by atoms with Crippen LogP contribution in [-0.4, -0.2) is 61.7 Å². The van der Waals surface area contributed by atoms with Crippen molar-refractivity contribution >= 4 is 23.8 Å². The van der Waals surface area contributed by atoms with E-state index in [4.69, 9.17) is 24.7 Å². The fraction of sp³-hybridized carbons (Fsp3) is 0.438. The number of methoxy groups -OCH3 is 1. The first-order chi connectivity index (χ1) is 20.5. The largest absolute Gasteiger partial charge is 0.497 e. The topological polar surface area (TPSA) is 155 Å². The Balaban J connectivity index is 2.02. The van der Waals surface area contributed by atoms with Crippen LogP contribution < -0.4 is 21.1 Å². The monoisotopic (exact) mass is 597 g/mol. The lowest BCUT2D eigenvalue weighted by atomic mass is 10.0. The molecule has 0 spiro atoms. The zero-order valence-corrected chi connectivity index (χ0v) is 25.2. The Morgan fingerprint density at radius 2 is 1.53 bits per heavy atom. The summed E-state index contributed by atoms with van der Waals surface area (Å²) in [5.41, 5.74) is 7.62. The zero-order chi connectivity index (χ0) is 31.8. The Morgan fingerprint density at radius 3 is 2.14 bits per heavy atom. The molecule has 2 aromatic rings. The van der Waals surface area contributed by atoms with Crippen LogP contribution >= 0.6 is 0 Å². The highest BCUT2D eigenvalue weighted by Gasteiger charge is 2.33. The Hall–Kier alpha value is -4.22. The summed E-state index contributed by atoms with van der Waals surface area (Å²) in [7, 11) is 1.55. The van der Waals surface area contributed by atoms with Gasteiger partial charge in [0, 0.05) is 0 Å². The number of carbonyl (C=O) groups is 4. The number of carbonyl (C=O) groups excluding carboxylic acids is 4. The van der Waals surface area contributed by atoms with Crippen LogP contribution in [0.1, 0.15) is 44.7 Å². The molecule has 0 heterocycles. The second-order valence-corrected chi connectivity index (χ2v) is 10.4. The molecule has 2 amide bonds. The molecule has 2 aromatic carbocycles. The summed E-state index contributed by atoms with van der Waals surface area (Å²) in [5.74, 6) is -2.03. The Kier molecular flexibility index (Phi) is 14.9. The molecule has 0 fully saturated rings. The fourth-order valence-corrected chi connectivity index (χ4v) is 3.95. The van der Waals surface area contributed by atoms with Crippen molar-refractivity contribution in [1.82, 2.24) is 10.6 Å². The maximum atomic E-state index is 13.4. The van der Waals surface area contributed by atoms with E-state index >= 15 is 0 Å². The highest BCUT2D eigenvalue weighted by atomic mass is 16.5. The molecule has 4 N–H and O–H groups in total. The van der Waals surface area contributed by atoms with Gasteiger partial charge in [-0.15, -0.1) is 0 Å². The van der Waals surface area contributed by atoms with E-state index < -0.39 is 54.4 Å². The second kappa shape index (κ2) is 18.3. The molecule has 0 saturated heterocycles. The molecule has 234 valence electrons. The van der Waals surface area contributed by atoms with Crippen LogP contribution in [0.2, 0.25) is 0 Å². The van der Waals surface area contributed by atoms with Gasteiger partial charge < -0.3 is 35.3 Å². The predicted octanol–water partition coefficient (Wildman–Crippen LogP) is 2.81. The lowest BCUT2D eigenvalue weighted by molar-refractivity contribution is -0.152. The molecule has 0 unspecified atom stereocenters. The molecule has 0 aliphatic rings. The van der Waals surface area contributed by atoms with E-state index in [1.54, 1.807) is 38.3 Å². The standard InChI is InChI=1S/C32H43N3O8/c1-6-16-41-32(39)29(22(4)42-19-23-10-8-7-9-11-23)35-31(38)27(17-21(2)3)34-30(37)26(33)18-28(36)43-20-24-12-14-25(40-5)15-13-24/h6-15,21-22,26-27,29H,1,16-20,33H2,2-5H3,(H,34,37)(H,35,38)/t22-,26+,27+,29+/m1/s1. The van der Waals surface area contributed by atoms with Gasteiger partial charge in [-0.25, -0.2) is 4.79 Å². The molecule has 0 saturated carbocycles. The fourth-order valence-electron chi connectivity index (χ4n) is 3.95. The first-order valence-corrected chi connectivity index (χ1v) is 14.1. The third-order valence-corrected chi connectivity index (χ3v) is 6.34. The van der Waals surface area contributed by atoms with Crippen molar-refractivity contribution in [3.05, 3.63) is 78.4 Å². The number of hydrogen-bond acceptors (Lipinski definition) is 9. The first-order valence-electron chi connectivity index (χ1n) is 14.1. The van der Waals surface area contributed by atoms with E-state index in [1.165, 1.54) is 6.08 Å². The van der Waals surface area contributed by atoms with Gasteiger partial charge >= 0.3 is 11.9 Å². The normalized spacial score (nSPS) is 13.6. The van der Waals surface area contributed by atoms with Gasteiger partial charge in [-0.2, -0.15) is 0 Å². The van der Waals surface area contributed by atoms with Crippen LogP contribution in [-0.2, 0) is 46.6 Å². The summed E-state index contributed by atoms with van der Waals surface area (Å²) in [5, 5.41) is 5.29. The quantitative estimate of drug-likeness (QED) is 0.174. The van der Waals surface area contributed by atoms with Crippen molar-refractivity contribution in [3.8, 4) is 5.75 Å². The highest BCUT2D eigenvalue weighted by Crippen LogP contribution is 2.13. The molecule has 43 heavy (non-hydrogen) atoms. The minimum Gasteiger partial charge on any atom is -0.497 e. The summed E-state index contributed by atoms with van der Waals surface area (Å²) in [6, 6.07) is 12.9. The summed E-state index contributed by atoms with van der Waals surface area (Å²) < 4.78 is 21.4. The maximum Gasteiger partial charge on any atom is 0.331 e. The first kappa shape index (κ1) is 35.0. The Labute approximate surface area is 253 Å². The van der Waals surface area contributed by atoms with Gasteiger partial charge in [0.05, 0.1) is 32.3 Å². The minimum atomic E-state index is -1.26. The van der Waals surface area contributed by atoms with E-state index in [9.17, 15) is 19.2 Å². The average Bonchev–Trinajstić information content (AvgIpc) is 3.00. The van der Waals surface area contributed by atoms with E-state index in [0.717, 1.165) is 11.1 Å². The van der Waals surface area contributed by atoms with Gasteiger partial charge in [-0.1, -0.05) is 69.0 Å². The predicted molar refractivity (Wildman–Crippen MR) is 161 cm³/mol. The van der Waals surface area contributed by atoms with Crippen molar-refractivity contribution in [3.63, 3.8) is 0 Å². The molecule has 0 radical (unpaired) electrons. The van der Waals surface area contributed by atoms with E-state index in [2.05, 4.69) is 17.2 Å². The Morgan fingerprint density at radius 1 is 0.884 bits per heavy atom. The summed E-state index contributed by atoms with van der Waals surface area (Å²) in [6.45, 7) is 9.11. The van der Waals surface area contributed by atoms with Crippen LogP contribution in [0.3, 0.4) is 0 Å². The lowest BCUT2D eigenvalue weighted by Crippen LogP contribution is -2.57. The summed E-state index contributed by atoms with van der Waals surface area (Å²) in [6.07, 6.45) is 0.510. The van der Waals surface area contributed by atoms with Crippen LogP contribution in [0.25, 0.3) is 0 Å². The molecular weight excluding hydrogens is 554 g/mol. The molecule has 0 aromatic heterocycles. The van der Waals surface area contributed by atoms with Crippen LogP contribution in [0.5, 0.6) is 5.75 Å².